The summed E-state index contributed by atoms with van der Waals surface area (Å²) >= 11 is 0. The highest BCUT2D eigenvalue weighted by Gasteiger charge is 2.09. The molecule has 0 aromatic carbocycles. The van der Waals surface area contributed by atoms with Crippen LogP contribution in [0.4, 0.5) is 0 Å². The summed E-state index contributed by atoms with van der Waals surface area (Å²) in [5.41, 5.74) is 9.51. The van der Waals surface area contributed by atoms with Crippen molar-refractivity contribution in [1.82, 2.24) is 10.9 Å². The fraction of sp³-hybridized carbons (Fsp3) is 0.250. The van der Waals surface area contributed by atoms with E-state index in [0.29, 0.717) is 0 Å². The van der Waals surface area contributed by atoms with Gasteiger partial charge < -0.3 is 0 Å². The smallest absolute Gasteiger partial charge is 0.0680 e. The van der Waals surface area contributed by atoms with Crippen LogP contribution in [-0.2, 0) is 0 Å². The Labute approximate surface area is 60.3 Å². The minimum atomic E-state index is 0.979. The normalized spacial score (nSPS) is 21.6. The van der Waals surface area contributed by atoms with Crippen LogP contribution in [0.3, 0.4) is 0 Å². The van der Waals surface area contributed by atoms with Crippen molar-refractivity contribution in [2.45, 2.75) is 12.8 Å². The van der Waals surface area contributed by atoms with E-state index in [1.165, 1.54) is 11.3 Å². The average Bonchev–Trinajstić information content (AvgIpc) is 2.05. The van der Waals surface area contributed by atoms with Crippen molar-refractivity contribution in [3.63, 3.8) is 0 Å². The largest absolute Gasteiger partial charge is 0.286 e. The molecule has 1 aliphatic heterocycles. The van der Waals surface area contributed by atoms with Crippen LogP contribution in [0, 0.1) is 0 Å². The van der Waals surface area contributed by atoms with E-state index in [4.69, 9.17) is 0 Å². The van der Waals surface area contributed by atoms with Crippen LogP contribution in [0.15, 0.2) is 35.7 Å². The molecule has 2 heteroatoms. The van der Waals surface area contributed by atoms with Gasteiger partial charge in [0.1, 0.15) is 0 Å². The monoisotopic (exact) mass is 133 g/mol. The molecular formula is C8H9N2. The van der Waals surface area contributed by atoms with Gasteiger partial charge in [-0.3, -0.25) is 5.43 Å². The third kappa shape index (κ3) is 0.817. The Balaban J connectivity index is 2.25. The Morgan fingerprint density at radius 3 is 3.10 bits per heavy atom. The van der Waals surface area contributed by atoms with Crippen LogP contribution in [0.5, 0.6) is 0 Å². The first-order chi connectivity index (χ1) is 4.97. The van der Waals surface area contributed by atoms with Gasteiger partial charge in [0.25, 0.3) is 0 Å². The zero-order valence-electron chi connectivity index (χ0n) is 5.67. The second kappa shape index (κ2) is 2.21. The Bertz CT molecular complexity index is 223. The molecule has 1 radical (unpaired) electrons. The molecule has 0 unspecified atom stereocenters. The van der Waals surface area contributed by atoms with Gasteiger partial charge in [0.15, 0.2) is 0 Å². The molecule has 1 N–H and O–H groups in total. The van der Waals surface area contributed by atoms with Gasteiger partial charge in [-0.2, -0.15) is 5.43 Å². The summed E-state index contributed by atoms with van der Waals surface area (Å²) in [7, 11) is 0. The maximum atomic E-state index is 4.14. The van der Waals surface area contributed by atoms with Gasteiger partial charge in [0, 0.05) is 12.6 Å². The molecule has 0 fully saturated rings. The third-order valence-electron chi connectivity index (χ3n) is 1.74. The van der Waals surface area contributed by atoms with Crippen LogP contribution < -0.4 is 10.9 Å². The lowest BCUT2D eigenvalue weighted by atomic mass is 10.0. The highest BCUT2D eigenvalue weighted by molar-refractivity contribution is 5.32. The molecule has 2 aliphatic rings. The van der Waals surface area contributed by atoms with Gasteiger partial charge in [0.2, 0.25) is 0 Å². The number of rotatable bonds is 0. The fourth-order valence-corrected chi connectivity index (χ4v) is 1.19. The quantitative estimate of drug-likeness (QED) is 0.494. The molecule has 0 saturated heterocycles. The highest BCUT2D eigenvalue weighted by Crippen LogP contribution is 2.19. The van der Waals surface area contributed by atoms with E-state index in [9.17, 15) is 0 Å². The molecule has 0 atom stereocenters. The molecule has 0 aromatic rings. The summed E-state index contributed by atoms with van der Waals surface area (Å²) in [5.74, 6) is 0. The van der Waals surface area contributed by atoms with Crippen molar-refractivity contribution in [3.8, 4) is 0 Å². The van der Waals surface area contributed by atoms with E-state index in [-0.39, 0.29) is 0 Å². The summed E-state index contributed by atoms with van der Waals surface area (Å²) in [6.07, 6.45) is 10.3. The number of hydrogen-bond acceptors (Lipinski definition) is 1. The molecule has 1 aliphatic carbocycles. The van der Waals surface area contributed by atoms with E-state index >= 15 is 0 Å². The first kappa shape index (κ1) is 5.59. The van der Waals surface area contributed by atoms with Crippen molar-refractivity contribution in [3.05, 3.63) is 35.7 Å². The van der Waals surface area contributed by atoms with Gasteiger partial charge >= 0.3 is 0 Å². The van der Waals surface area contributed by atoms with E-state index < -0.39 is 0 Å². The van der Waals surface area contributed by atoms with Crippen molar-refractivity contribution >= 4 is 0 Å². The Morgan fingerprint density at radius 2 is 2.20 bits per heavy atom. The van der Waals surface area contributed by atoms with E-state index in [0.717, 1.165) is 12.8 Å². The van der Waals surface area contributed by atoms with Crippen LogP contribution in [0.25, 0.3) is 0 Å². The number of hydrogen-bond donors (Lipinski definition) is 1. The summed E-state index contributed by atoms with van der Waals surface area (Å²) in [5, 5.41) is 0. The molecule has 0 spiro atoms. The van der Waals surface area contributed by atoms with Crippen LogP contribution in [0.2, 0.25) is 0 Å². The Kier molecular flexibility index (Phi) is 1.24. The Morgan fingerprint density at radius 1 is 1.30 bits per heavy atom. The van der Waals surface area contributed by atoms with E-state index in [1.807, 2.05) is 6.20 Å². The number of nitrogens with zero attached hydrogens (tertiary/aromatic N) is 1. The average molecular weight is 133 g/mol. The minimum Gasteiger partial charge on any atom is -0.286 e. The topological polar surface area (TPSA) is 26.1 Å². The number of allylic oxidation sites excluding steroid dienone is 4. The minimum absolute atomic E-state index is 0.979. The SMILES string of the molecule is C1=CCC2=C(C=CN[N]2)C1. The zero-order chi connectivity index (χ0) is 6.81. The lowest BCUT2D eigenvalue weighted by molar-refractivity contribution is 0.667. The van der Waals surface area contributed by atoms with E-state index in [1.54, 1.807) is 0 Å². The van der Waals surface area contributed by atoms with E-state index in [2.05, 4.69) is 29.1 Å². The molecular weight excluding hydrogens is 124 g/mol. The second-order valence-corrected chi connectivity index (χ2v) is 2.43. The maximum absolute atomic E-state index is 4.14. The number of nitrogens with one attached hydrogen (secondary N) is 1. The van der Waals surface area contributed by atoms with Gasteiger partial charge in [-0.1, -0.05) is 12.2 Å². The summed E-state index contributed by atoms with van der Waals surface area (Å²) < 4.78 is 0. The van der Waals surface area contributed by atoms with Crippen molar-refractivity contribution in [1.29, 1.82) is 0 Å². The molecule has 2 nitrogen and oxygen atoms in total. The molecule has 10 heavy (non-hydrogen) atoms. The van der Waals surface area contributed by atoms with Crippen LogP contribution in [-0.4, -0.2) is 0 Å². The van der Waals surface area contributed by atoms with Crippen molar-refractivity contribution in [2.75, 3.05) is 0 Å². The molecule has 0 bridgehead atoms. The molecule has 2 rings (SSSR count). The summed E-state index contributed by atoms with van der Waals surface area (Å²) in [4.78, 5) is 0. The summed E-state index contributed by atoms with van der Waals surface area (Å²) in [6, 6.07) is 0. The van der Waals surface area contributed by atoms with Gasteiger partial charge in [-0.25, -0.2) is 0 Å². The third-order valence-corrected chi connectivity index (χ3v) is 1.74. The second-order valence-electron chi connectivity index (χ2n) is 2.43. The predicted molar refractivity (Wildman–Crippen MR) is 39.8 cm³/mol. The van der Waals surface area contributed by atoms with Gasteiger partial charge in [0.05, 0.1) is 5.70 Å². The van der Waals surface area contributed by atoms with Gasteiger partial charge in [-0.15, -0.1) is 0 Å². The molecule has 51 valence electrons. The first-order valence-corrected chi connectivity index (χ1v) is 3.46. The summed E-state index contributed by atoms with van der Waals surface area (Å²) in [6.45, 7) is 0. The first-order valence-electron chi connectivity index (χ1n) is 3.46. The lowest BCUT2D eigenvalue weighted by Gasteiger charge is -2.16. The van der Waals surface area contributed by atoms with Crippen molar-refractivity contribution < 1.29 is 0 Å². The molecule has 0 saturated carbocycles. The molecule has 1 heterocycles. The van der Waals surface area contributed by atoms with Crippen LogP contribution >= 0.6 is 0 Å². The van der Waals surface area contributed by atoms with Crippen molar-refractivity contribution in [2.24, 2.45) is 0 Å². The molecule has 0 aromatic heterocycles. The van der Waals surface area contributed by atoms with Crippen LogP contribution in [0.1, 0.15) is 12.8 Å². The van der Waals surface area contributed by atoms with Gasteiger partial charge in [-0.05, 0) is 18.1 Å². The maximum Gasteiger partial charge on any atom is 0.0680 e. The lowest BCUT2D eigenvalue weighted by Crippen LogP contribution is -2.23. The fourth-order valence-electron chi connectivity index (χ4n) is 1.19. The Hall–Kier alpha value is -1.18. The highest BCUT2D eigenvalue weighted by atomic mass is 15.4. The molecule has 0 amide bonds. The zero-order valence-corrected chi connectivity index (χ0v) is 5.67. The predicted octanol–water partition coefficient (Wildman–Crippen LogP) is 1.23. The standard InChI is InChI=1S/C8H9N2/c1-2-4-8-7(3-1)5-6-9-10-8/h1-2,5-6,9H,3-4H2.